The molecule has 110 valence electrons. The highest BCUT2D eigenvalue weighted by Crippen LogP contribution is 2.19. The fraction of sp³-hybridized carbons (Fsp3) is 0.294. The summed E-state index contributed by atoms with van der Waals surface area (Å²) < 4.78 is 1.97. The lowest BCUT2D eigenvalue weighted by atomic mass is 10.2. The molecule has 3 nitrogen and oxygen atoms in total. The number of carbonyl (C=O) groups is 1. The molecule has 0 fully saturated rings. The summed E-state index contributed by atoms with van der Waals surface area (Å²) in [7, 11) is 0. The molecule has 0 spiro atoms. The lowest BCUT2D eigenvalue weighted by Gasteiger charge is -2.08. The Kier molecular flexibility index (Phi) is 4.97. The molecule has 0 radical (unpaired) electrons. The van der Waals surface area contributed by atoms with Crippen LogP contribution in [0.5, 0.6) is 0 Å². The van der Waals surface area contributed by atoms with E-state index in [0.717, 1.165) is 23.4 Å². The van der Waals surface area contributed by atoms with Gasteiger partial charge in [0.05, 0.1) is 0 Å². The standard InChI is InChI=1S/C17H19ClN2O/c1-4-14-7-6-13(3)20(10-14)11-17(21)19-16-9-15(18)8-5-12(16)2/h5-10H,4,11H2,1-3H3/p+1. The van der Waals surface area contributed by atoms with Gasteiger partial charge in [0.2, 0.25) is 6.54 Å². The highest BCUT2D eigenvalue weighted by atomic mass is 35.5. The van der Waals surface area contributed by atoms with Gasteiger partial charge in [0.1, 0.15) is 0 Å². The highest BCUT2D eigenvalue weighted by molar-refractivity contribution is 6.31. The Balaban J connectivity index is 2.13. The van der Waals surface area contributed by atoms with Gasteiger partial charge in [-0.15, -0.1) is 0 Å². The molecular weight excluding hydrogens is 284 g/mol. The molecule has 21 heavy (non-hydrogen) atoms. The Hall–Kier alpha value is -1.87. The number of amides is 1. The molecule has 0 aliphatic carbocycles. The van der Waals surface area contributed by atoms with E-state index >= 15 is 0 Å². The van der Waals surface area contributed by atoms with Crippen molar-refractivity contribution >= 4 is 23.2 Å². The topological polar surface area (TPSA) is 33.0 Å². The van der Waals surface area contributed by atoms with Gasteiger partial charge in [-0.25, -0.2) is 0 Å². The van der Waals surface area contributed by atoms with Crippen molar-refractivity contribution in [3.05, 3.63) is 58.4 Å². The second kappa shape index (κ2) is 6.72. The van der Waals surface area contributed by atoms with Gasteiger partial charge in [0.15, 0.2) is 11.9 Å². The molecule has 2 aromatic rings. The summed E-state index contributed by atoms with van der Waals surface area (Å²) in [5.41, 5.74) is 4.03. The van der Waals surface area contributed by atoms with Crippen LogP contribution in [0.15, 0.2) is 36.5 Å². The molecule has 0 unspecified atom stereocenters. The second-order valence-electron chi connectivity index (χ2n) is 5.17. The number of nitrogens with zero attached hydrogens (tertiary/aromatic N) is 1. The Labute approximate surface area is 130 Å². The van der Waals surface area contributed by atoms with Gasteiger partial charge in [-0.05, 0) is 37.1 Å². The molecule has 1 aromatic carbocycles. The van der Waals surface area contributed by atoms with E-state index < -0.39 is 0 Å². The first kappa shape index (κ1) is 15.5. The molecule has 2 rings (SSSR count). The molecule has 0 bridgehead atoms. The van der Waals surface area contributed by atoms with Crippen LogP contribution >= 0.6 is 11.6 Å². The highest BCUT2D eigenvalue weighted by Gasteiger charge is 2.14. The summed E-state index contributed by atoms with van der Waals surface area (Å²) in [6.45, 7) is 6.34. The predicted octanol–water partition coefficient (Wildman–Crippen LogP) is 3.45. The molecule has 1 amide bonds. The smallest absolute Gasteiger partial charge is 0.290 e. The summed E-state index contributed by atoms with van der Waals surface area (Å²) in [5.74, 6) is -0.0540. The SMILES string of the molecule is CCc1ccc(C)[n+](CC(=O)Nc2cc(Cl)ccc2C)c1. The van der Waals surface area contributed by atoms with Crippen LogP contribution in [0.2, 0.25) is 5.02 Å². The van der Waals surface area contributed by atoms with Crippen LogP contribution in [0.3, 0.4) is 0 Å². The average molecular weight is 304 g/mol. The first-order valence-electron chi connectivity index (χ1n) is 7.04. The summed E-state index contributed by atoms with van der Waals surface area (Å²) >= 11 is 5.97. The molecule has 0 aliphatic rings. The van der Waals surface area contributed by atoms with Gasteiger partial charge >= 0.3 is 0 Å². The van der Waals surface area contributed by atoms with E-state index in [-0.39, 0.29) is 5.91 Å². The summed E-state index contributed by atoms with van der Waals surface area (Å²) in [6.07, 6.45) is 2.98. The van der Waals surface area contributed by atoms with Crippen molar-refractivity contribution in [2.45, 2.75) is 33.7 Å². The van der Waals surface area contributed by atoms with Crippen LogP contribution in [0, 0.1) is 13.8 Å². The lowest BCUT2D eigenvalue weighted by molar-refractivity contribution is -0.690. The largest absolute Gasteiger partial charge is 0.320 e. The van der Waals surface area contributed by atoms with E-state index in [4.69, 9.17) is 11.6 Å². The minimum Gasteiger partial charge on any atom is -0.320 e. The van der Waals surface area contributed by atoms with Gasteiger partial charge in [0, 0.05) is 29.3 Å². The first-order valence-corrected chi connectivity index (χ1v) is 7.42. The molecule has 1 aromatic heterocycles. The van der Waals surface area contributed by atoms with Gasteiger partial charge in [-0.2, -0.15) is 4.57 Å². The molecule has 1 heterocycles. The van der Waals surface area contributed by atoms with Gasteiger partial charge in [-0.1, -0.05) is 24.6 Å². The normalized spacial score (nSPS) is 10.5. The van der Waals surface area contributed by atoms with Crippen LogP contribution in [0.25, 0.3) is 0 Å². The minimum absolute atomic E-state index is 0.0540. The Bertz CT molecular complexity index is 668. The molecule has 0 aliphatic heterocycles. The number of rotatable bonds is 4. The second-order valence-corrected chi connectivity index (χ2v) is 5.60. The van der Waals surface area contributed by atoms with Crippen LogP contribution < -0.4 is 9.88 Å². The molecular formula is C17H20ClN2O+. The number of pyridine rings is 1. The number of halogens is 1. The third-order valence-electron chi connectivity index (χ3n) is 3.51. The van der Waals surface area contributed by atoms with Gasteiger partial charge in [0.25, 0.3) is 5.91 Å². The van der Waals surface area contributed by atoms with E-state index in [1.165, 1.54) is 5.56 Å². The third-order valence-corrected chi connectivity index (χ3v) is 3.74. The minimum atomic E-state index is -0.0540. The number of aryl methyl sites for hydroxylation is 3. The number of benzene rings is 1. The lowest BCUT2D eigenvalue weighted by Crippen LogP contribution is -2.43. The van der Waals surface area contributed by atoms with Gasteiger partial charge in [-0.3, -0.25) is 4.79 Å². The summed E-state index contributed by atoms with van der Waals surface area (Å²) in [4.78, 5) is 12.2. The molecule has 4 heteroatoms. The van der Waals surface area contributed by atoms with Crippen molar-refractivity contribution in [2.24, 2.45) is 0 Å². The van der Waals surface area contributed by atoms with Crippen molar-refractivity contribution < 1.29 is 9.36 Å². The fourth-order valence-electron chi connectivity index (χ4n) is 2.12. The maximum atomic E-state index is 12.2. The van der Waals surface area contributed by atoms with Crippen LogP contribution in [0.4, 0.5) is 5.69 Å². The third kappa shape index (κ3) is 4.05. The zero-order valence-corrected chi connectivity index (χ0v) is 13.4. The quantitative estimate of drug-likeness (QED) is 0.862. The van der Waals surface area contributed by atoms with E-state index in [1.807, 2.05) is 42.8 Å². The molecule has 1 N–H and O–H groups in total. The fourth-order valence-corrected chi connectivity index (χ4v) is 2.29. The number of hydrogen-bond acceptors (Lipinski definition) is 1. The van der Waals surface area contributed by atoms with Crippen molar-refractivity contribution in [3.63, 3.8) is 0 Å². The van der Waals surface area contributed by atoms with Crippen LogP contribution in [-0.4, -0.2) is 5.91 Å². The zero-order chi connectivity index (χ0) is 15.4. The van der Waals surface area contributed by atoms with Crippen LogP contribution in [-0.2, 0) is 17.8 Å². The maximum absolute atomic E-state index is 12.2. The van der Waals surface area contributed by atoms with Gasteiger partial charge < -0.3 is 5.32 Å². The Morgan fingerprint density at radius 1 is 1.24 bits per heavy atom. The number of anilines is 1. The number of hydrogen-bond donors (Lipinski definition) is 1. The first-order chi connectivity index (χ1) is 9.99. The molecule has 0 atom stereocenters. The Morgan fingerprint density at radius 2 is 2.00 bits per heavy atom. The van der Waals surface area contributed by atoms with Crippen LogP contribution in [0.1, 0.15) is 23.7 Å². The van der Waals surface area contributed by atoms with E-state index in [9.17, 15) is 4.79 Å². The Morgan fingerprint density at radius 3 is 2.71 bits per heavy atom. The summed E-state index contributed by atoms with van der Waals surface area (Å²) in [5, 5.41) is 3.54. The molecule has 0 saturated carbocycles. The number of carbonyl (C=O) groups excluding carboxylic acids is 1. The monoisotopic (exact) mass is 303 g/mol. The number of nitrogens with one attached hydrogen (secondary N) is 1. The van der Waals surface area contributed by atoms with Crippen molar-refractivity contribution in [3.8, 4) is 0 Å². The maximum Gasteiger partial charge on any atom is 0.290 e. The van der Waals surface area contributed by atoms with E-state index in [1.54, 1.807) is 6.07 Å². The molecule has 0 saturated heterocycles. The predicted molar refractivity (Wildman–Crippen MR) is 85.6 cm³/mol. The average Bonchev–Trinajstić information content (AvgIpc) is 2.45. The zero-order valence-electron chi connectivity index (χ0n) is 12.6. The summed E-state index contributed by atoms with van der Waals surface area (Å²) in [6, 6.07) is 9.61. The van der Waals surface area contributed by atoms with Crippen molar-refractivity contribution in [2.75, 3.05) is 5.32 Å². The van der Waals surface area contributed by atoms with Crippen molar-refractivity contribution in [1.82, 2.24) is 0 Å². The van der Waals surface area contributed by atoms with E-state index in [0.29, 0.717) is 11.6 Å². The van der Waals surface area contributed by atoms with Crippen molar-refractivity contribution in [1.29, 1.82) is 0 Å². The van der Waals surface area contributed by atoms with E-state index in [2.05, 4.69) is 18.3 Å². The number of aromatic nitrogens is 1.